The lowest BCUT2D eigenvalue weighted by Crippen LogP contribution is -2.43. The highest BCUT2D eigenvalue weighted by Crippen LogP contribution is 2.27. The molecule has 146 valence electrons. The number of hydrogen-bond donors (Lipinski definition) is 2. The molecule has 0 saturated carbocycles. The highest BCUT2D eigenvalue weighted by molar-refractivity contribution is 6.00. The van der Waals surface area contributed by atoms with Gasteiger partial charge >= 0.3 is 6.03 Å². The number of carbonyl (C=O) groups is 2. The summed E-state index contributed by atoms with van der Waals surface area (Å²) < 4.78 is 19.3. The van der Waals surface area contributed by atoms with Gasteiger partial charge in [-0.15, -0.1) is 0 Å². The molecule has 1 unspecified atom stereocenters. The summed E-state index contributed by atoms with van der Waals surface area (Å²) in [7, 11) is 0. The minimum Gasteiger partial charge on any atom is -0.490 e. The maximum Gasteiger partial charge on any atom is 0.321 e. The summed E-state index contributed by atoms with van der Waals surface area (Å²) >= 11 is 0. The van der Waals surface area contributed by atoms with Crippen molar-refractivity contribution < 1.29 is 18.7 Å². The maximum atomic E-state index is 13.7. The fourth-order valence-electron chi connectivity index (χ4n) is 3.66. The first-order valence-electron chi connectivity index (χ1n) is 9.44. The van der Waals surface area contributed by atoms with Crippen LogP contribution in [0, 0.1) is 11.7 Å². The molecule has 7 heteroatoms. The zero-order chi connectivity index (χ0) is 19.5. The van der Waals surface area contributed by atoms with E-state index in [-0.39, 0.29) is 29.4 Å². The number of amides is 3. The molecular formula is C21H22FN3O3. The van der Waals surface area contributed by atoms with E-state index in [0.717, 1.165) is 24.1 Å². The molecule has 1 saturated heterocycles. The Hall–Kier alpha value is -3.09. The molecule has 2 aromatic rings. The summed E-state index contributed by atoms with van der Waals surface area (Å²) in [5.74, 6) is -0.0176. The van der Waals surface area contributed by atoms with Crippen LogP contribution in [0.3, 0.4) is 0 Å². The normalized spacial score (nSPS) is 18.4. The van der Waals surface area contributed by atoms with Gasteiger partial charge in [0.15, 0.2) is 11.6 Å². The Labute approximate surface area is 162 Å². The molecule has 28 heavy (non-hydrogen) atoms. The molecule has 1 atom stereocenters. The zero-order valence-electron chi connectivity index (χ0n) is 15.4. The van der Waals surface area contributed by atoms with Crippen LogP contribution in [0.15, 0.2) is 42.5 Å². The average molecular weight is 383 g/mol. The van der Waals surface area contributed by atoms with Crippen molar-refractivity contribution >= 4 is 23.3 Å². The number of nitrogens with one attached hydrogen (secondary N) is 2. The topological polar surface area (TPSA) is 70.7 Å². The second-order valence-electron chi connectivity index (χ2n) is 7.22. The lowest BCUT2D eigenvalue weighted by atomic mass is 9.99. The van der Waals surface area contributed by atoms with Crippen molar-refractivity contribution in [3.05, 3.63) is 53.8 Å². The molecule has 2 N–H and O–H groups in total. The third-order valence-corrected chi connectivity index (χ3v) is 5.10. The summed E-state index contributed by atoms with van der Waals surface area (Å²) in [6.45, 7) is 1.61. The SMILES string of the molecule is O=C1Cc2cc(NC(=O)N3CCCC(COc4ccccc4F)C3)ccc2N1. The quantitative estimate of drug-likeness (QED) is 0.847. The van der Waals surface area contributed by atoms with E-state index in [0.29, 0.717) is 31.8 Å². The van der Waals surface area contributed by atoms with Gasteiger partial charge in [0.25, 0.3) is 0 Å². The number of likely N-dealkylation sites (tertiary alicyclic amines) is 1. The second-order valence-corrected chi connectivity index (χ2v) is 7.22. The lowest BCUT2D eigenvalue weighted by molar-refractivity contribution is -0.115. The maximum absolute atomic E-state index is 13.7. The second kappa shape index (κ2) is 7.88. The molecule has 0 aromatic heterocycles. The van der Waals surface area contributed by atoms with Crippen molar-refractivity contribution in [3.63, 3.8) is 0 Å². The number of carbonyl (C=O) groups excluding carboxylic acids is 2. The molecule has 1 fully saturated rings. The standard InChI is InChI=1S/C21H22FN3O3/c22-17-5-1-2-6-19(17)28-13-14-4-3-9-25(12-14)21(27)23-16-7-8-18-15(10-16)11-20(26)24-18/h1-2,5-8,10,14H,3-4,9,11-13H2,(H,23,27)(H,24,26). The fourth-order valence-corrected chi connectivity index (χ4v) is 3.66. The van der Waals surface area contributed by atoms with E-state index in [2.05, 4.69) is 10.6 Å². The van der Waals surface area contributed by atoms with Crippen molar-refractivity contribution in [1.29, 1.82) is 0 Å². The number of urea groups is 1. The van der Waals surface area contributed by atoms with E-state index in [1.165, 1.54) is 6.07 Å². The molecule has 2 aliphatic rings. The van der Waals surface area contributed by atoms with Gasteiger partial charge in [-0.1, -0.05) is 12.1 Å². The zero-order valence-corrected chi connectivity index (χ0v) is 15.4. The highest BCUT2D eigenvalue weighted by atomic mass is 19.1. The third-order valence-electron chi connectivity index (χ3n) is 5.10. The van der Waals surface area contributed by atoms with Crippen molar-refractivity contribution in [2.24, 2.45) is 5.92 Å². The summed E-state index contributed by atoms with van der Waals surface area (Å²) in [6, 6.07) is 11.6. The molecule has 2 aliphatic heterocycles. The first-order valence-corrected chi connectivity index (χ1v) is 9.44. The molecule has 4 rings (SSSR count). The molecule has 6 nitrogen and oxygen atoms in total. The van der Waals surface area contributed by atoms with E-state index >= 15 is 0 Å². The predicted octanol–water partition coefficient (Wildman–Crippen LogP) is 3.64. The number of nitrogens with zero attached hydrogens (tertiary/aromatic N) is 1. The van der Waals surface area contributed by atoms with Gasteiger partial charge in [0.2, 0.25) is 5.91 Å². The number of ether oxygens (including phenoxy) is 1. The van der Waals surface area contributed by atoms with E-state index in [1.54, 1.807) is 35.2 Å². The lowest BCUT2D eigenvalue weighted by Gasteiger charge is -2.32. The summed E-state index contributed by atoms with van der Waals surface area (Å²) in [4.78, 5) is 25.9. The molecule has 2 heterocycles. The van der Waals surface area contributed by atoms with Crippen molar-refractivity contribution in [1.82, 2.24) is 4.90 Å². The minimum absolute atomic E-state index is 0.0350. The van der Waals surface area contributed by atoms with Crippen LogP contribution in [0.1, 0.15) is 18.4 Å². The summed E-state index contributed by atoms with van der Waals surface area (Å²) in [6.07, 6.45) is 2.14. The number of halogens is 1. The van der Waals surface area contributed by atoms with Gasteiger partial charge in [0, 0.05) is 30.4 Å². The molecule has 0 radical (unpaired) electrons. The van der Waals surface area contributed by atoms with E-state index in [4.69, 9.17) is 4.74 Å². The molecule has 0 spiro atoms. The molecular weight excluding hydrogens is 361 g/mol. The molecule has 0 aliphatic carbocycles. The van der Waals surface area contributed by atoms with Gasteiger partial charge in [-0.2, -0.15) is 0 Å². The van der Waals surface area contributed by atoms with Gasteiger partial charge in [-0.3, -0.25) is 4.79 Å². The highest BCUT2D eigenvalue weighted by Gasteiger charge is 2.25. The van der Waals surface area contributed by atoms with Crippen LogP contribution in [0.25, 0.3) is 0 Å². The van der Waals surface area contributed by atoms with E-state index in [1.807, 2.05) is 6.07 Å². The number of fused-ring (bicyclic) bond motifs is 1. The van der Waals surface area contributed by atoms with Gasteiger partial charge in [0.05, 0.1) is 13.0 Å². The summed E-state index contributed by atoms with van der Waals surface area (Å²) in [5.41, 5.74) is 2.36. The molecule has 0 bridgehead atoms. The Morgan fingerprint density at radius 3 is 3.00 bits per heavy atom. The largest absolute Gasteiger partial charge is 0.490 e. The molecule has 2 aromatic carbocycles. The predicted molar refractivity (Wildman–Crippen MR) is 104 cm³/mol. The number of benzene rings is 2. The van der Waals surface area contributed by atoms with Gasteiger partial charge in [0.1, 0.15) is 0 Å². The third kappa shape index (κ3) is 4.08. The smallest absolute Gasteiger partial charge is 0.321 e. The average Bonchev–Trinajstić information content (AvgIpc) is 3.07. The van der Waals surface area contributed by atoms with Crippen molar-refractivity contribution in [2.75, 3.05) is 30.3 Å². The van der Waals surface area contributed by atoms with Crippen LogP contribution in [0.5, 0.6) is 5.75 Å². The number of piperidine rings is 1. The Bertz CT molecular complexity index is 902. The van der Waals surface area contributed by atoms with Crippen LogP contribution >= 0.6 is 0 Å². The van der Waals surface area contributed by atoms with E-state index in [9.17, 15) is 14.0 Å². The number of anilines is 2. The van der Waals surface area contributed by atoms with Gasteiger partial charge < -0.3 is 20.3 Å². The Morgan fingerprint density at radius 2 is 2.14 bits per heavy atom. The number of hydrogen-bond acceptors (Lipinski definition) is 3. The van der Waals surface area contributed by atoms with Crippen molar-refractivity contribution in [2.45, 2.75) is 19.3 Å². The minimum atomic E-state index is -0.377. The van der Waals surface area contributed by atoms with E-state index < -0.39 is 0 Å². The van der Waals surface area contributed by atoms with Crippen LogP contribution in [-0.2, 0) is 11.2 Å². The molecule has 3 amide bonds. The van der Waals surface area contributed by atoms with Gasteiger partial charge in [-0.25, -0.2) is 9.18 Å². The van der Waals surface area contributed by atoms with Crippen LogP contribution < -0.4 is 15.4 Å². The van der Waals surface area contributed by atoms with Crippen LogP contribution in [0.4, 0.5) is 20.6 Å². The number of rotatable bonds is 4. The number of para-hydroxylation sites is 1. The van der Waals surface area contributed by atoms with Crippen molar-refractivity contribution in [3.8, 4) is 5.75 Å². The Kier molecular flexibility index (Phi) is 5.14. The van der Waals surface area contributed by atoms with Crippen LogP contribution in [-0.4, -0.2) is 36.5 Å². The Morgan fingerprint density at radius 1 is 1.29 bits per heavy atom. The first-order chi connectivity index (χ1) is 13.6. The fraction of sp³-hybridized carbons (Fsp3) is 0.333. The monoisotopic (exact) mass is 383 g/mol. The van der Waals surface area contributed by atoms with Crippen LogP contribution in [0.2, 0.25) is 0 Å². The summed E-state index contributed by atoms with van der Waals surface area (Å²) in [5, 5.41) is 5.68. The Balaban J connectivity index is 1.33. The van der Waals surface area contributed by atoms with Gasteiger partial charge in [-0.05, 0) is 48.7 Å². The first kappa shape index (κ1) is 18.3.